The van der Waals surface area contributed by atoms with E-state index in [4.69, 9.17) is 5.73 Å². The predicted octanol–water partition coefficient (Wildman–Crippen LogP) is 1.13. The van der Waals surface area contributed by atoms with Gasteiger partial charge in [0.2, 0.25) is 0 Å². The van der Waals surface area contributed by atoms with Gasteiger partial charge in [-0.1, -0.05) is 0 Å². The molecule has 0 fully saturated rings. The lowest BCUT2D eigenvalue weighted by Gasteiger charge is -1.97. The first-order valence-electron chi connectivity index (χ1n) is 3.59. The second-order valence-corrected chi connectivity index (χ2v) is 2.42. The largest absolute Gasteiger partial charge is 0.404 e. The molecule has 1 rings (SSSR count). The molecule has 0 aliphatic heterocycles. The van der Waals surface area contributed by atoms with Crippen molar-refractivity contribution in [3.8, 4) is 0 Å². The Morgan fingerprint density at radius 2 is 2.42 bits per heavy atom. The summed E-state index contributed by atoms with van der Waals surface area (Å²) in [5.41, 5.74) is 6.30. The molecule has 12 heavy (non-hydrogen) atoms. The van der Waals surface area contributed by atoms with E-state index < -0.39 is 0 Å². The number of carbonyl (C=O) groups excluding carboxylic acids is 1. The van der Waals surface area contributed by atoms with Crippen molar-refractivity contribution < 1.29 is 4.79 Å². The van der Waals surface area contributed by atoms with Gasteiger partial charge in [0.25, 0.3) is 0 Å². The van der Waals surface area contributed by atoms with Crippen molar-refractivity contribution in [1.29, 1.82) is 0 Å². The average Bonchev–Trinajstić information content (AvgIpc) is 2.17. The van der Waals surface area contributed by atoms with Crippen molar-refractivity contribution in [2.75, 3.05) is 0 Å². The summed E-state index contributed by atoms with van der Waals surface area (Å²) in [7, 11) is 0. The van der Waals surface area contributed by atoms with Crippen LogP contribution in [0.1, 0.15) is 17.3 Å². The first-order chi connectivity index (χ1) is 5.75. The minimum absolute atomic E-state index is 0.0781. The van der Waals surface area contributed by atoms with Crippen LogP contribution in [0.2, 0.25) is 0 Å². The lowest BCUT2D eigenvalue weighted by atomic mass is 10.1. The summed E-state index contributed by atoms with van der Waals surface area (Å²) in [6.45, 7) is 1.68. The summed E-state index contributed by atoms with van der Waals surface area (Å²) in [5.74, 6) is -0.0781. The second-order valence-electron chi connectivity index (χ2n) is 2.42. The molecule has 0 saturated heterocycles. The van der Waals surface area contributed by atoms with Crippen LogP contribution in [0.3, 0.4) is 0 Å². The molecule has 0 aromatic carbocycles. The summed E-state index contributed by atoms with van der Waals surface area (Å²) < 4.78 is 0. The second kappa shape index (κ2) is 3.67. The van der Waals surface area contributed by atoms with Gasteiger partial charge in [0, 0.05) is 29.7 Å². The number of carbonyl (C=O) groups is 1. The molecule has 0 spiro atoms. The number of pyridine rings is 1. The zero-order valence-electron chi connectivity index (χ0n) is 6.82. The van der Waals surface area contributed by atoms with Crippen LogP contribution in [0, 0.1) is 0 Å². The molecule has 1 aromatic heterocycles. The topological polar surface area (TPSA) is 56.0 Å². The zero-order chi connectivity index (χ0) is 8.97. The van der Waals surface area contributed by atoms with Crippen molar-refractivity contribution >= 4 is 5.78 Å². The Hall–Kier alpha value is -1.64. The maximum absolute atomic E-state index is 11.4. The number of hydrogen-bond donors (Lipinski definition) is 1. The summed E-state index contributed by atoms with van der Waals surface area (Å²) >= 11 is 0. The third kappa shape index (κ3) is 1.69. The Labute approximate surface area is 70.9 Å². The molecule has 0 aliphatic carbocycles. The van der Waals surface area contributed by atoms with Gasteiger partial charge in [-0.2, -0.15) is 0 Å². The van der Waals surface area contributed by atoms with Crippen LogP contribution in [-0.2, 0) is 0 Å². The fraction of sp³-hybridized carbons (Fsp3) is 0.111. The van der Waals surface area contributed by atoms with Gasteiger partial charge >= 0.3 is 0 Å². The maximum Gasteiger partial charge on any atom is 0.191 e. The highest BCUT2D eigenvalue weighted by atomic mass is 16.1. The lowest BCUT2D eigenvalue weighted by Crippen LogP contribution is -2.02. The average molecular weight is 162 g/mol. The van der Waals surface area contributed by atoms with Crippen molar-refractivity contribution in [2.24, 2.45) is 5.73 Å². The van der Waals surface area contributed by atoms with Crippen molar-refractivity contribution in [3.63, 3.8) is 0 Å². The molecular weight excluding hydrogens is 152 g/mol. The summed E-state index contributed by atoms with van der Waals surface area (Å²) in [6, 6.07) is 3.43. The molecule has 3 nitrogen and oxygen atoms in total. The zero-order valence-corrected chi connectivity index (χ0v) is 6.82. The van der Waals surface area contributed by atoms with Crippen molar-refractivity contribution in [2.45, 2.75) is 6.92 Å². The number of allylic oxidation sites excluding steroid dienone is 1. The van der Waals surface area contributed by atoms with Crippen LogP contribution in [0.4, 0.5) is 0 Å². The van der Waals surface area contributed by atoms with Crippen LogP contribution >= 0.6 is 0 Å². The molecule has 0 atom stereocenters. The number of Topliss-reactive ketones (excluding diaryl/α,β-unsaturated/α-hetero) is 1. The number of aromatic nitrogens is 1. The van der Waals surface area contributed by atoms with E-state index >= 15 is 0 Å². The van der Waals surface area contributed by atoms with E-state index in [1.165, 1.54) is 12.4 Å². The van der Waals surface area contributed by atoms with Crippen molar-refractivity contribution in [3.05, 3.63) is 41.9 Å². The molecule has 0 amide bonds. The van der Waals surface area contributed by atoms with E-state index in [9.17, 15) is 4.79 Å². The van der Waals surface area contributed by atoms with Gasteiger partial charge < -0.3 is 5.73 Å². The number of rotatable bonds is 2. The van der Waals surface area contributed by atoms with Gasteiger partial charge in [0.1, 0.15) is 0 Å². The molecule has 0 radical (unpaired) electrons. The summed E-state index contributed by atoms with van der Waals surface area (Å²) in [5, 5.41) is 0. The van der Waals surface area contributed by atoms with E-state index in [2.05, 4.69) is 4.98 Å². The quantitative estimate of drug-likeness (QED) is 0.523. The smallest absolute Gasteiger partial charge is 0.191 e. The van der Waals surface area contributed by atoms with E-state index in [1.54, 1.807) is 25.3 Å². The van der Waals surface area contributed by atoms with Gasteiger partial charge in [-0.15, -0.1) is 0 Å². The Morgan fingerprint density at radius 1 is 1.67 bits per heavy atom. The van der Waals surface area contributed by atoms with Gasteiger partial charge in [-0.05, 0) is 19.1 Å². The Morgan fingerprint density at radius 3 is 2.92 bits per heavy atom. The molecule has 0 saturated carbocycles. The molecule has 1 aromatic rings. The molecule has 3 heteroatoms. The monoisotopic (exact) mass is 162 g/mol. The highest BCUT2D eigenvalue weighted by Crippen LogP contribution is 2.04. The standard InChI is InChI=1S/C9H10N2O/c1-7(5-10)9(12)8-3-2-4-11-6-8/h2-6H,10H2,1H3/b7-5+. The first kappa shape index (κ1) is 8.46. The third-order valence-corrected chi connectivity index (χ3v) is 1.53. The summed E-state index contributed by atoms with van der Waals surface area (Å²) in [6.07, 6.45) is 4.45. The molecule has 2 N–H and O–H groups in total. The molecule has 0 unspecified atom stereocenters. The predicted molar refractivity (Wildman–Crippen MR) is 46.5 cm³/mol. The highest BCUT2D eigenvalue weighted by molar-refractivity contribution is 6.07. The Kier molecular flexibility index (Phi) is 2.58. The van der Waals surface area contributed by atoms with Crippen LogP contribution < -0.4 is 5.73 Å². The molecule has 62 valence electrons. The Bertz CT molecular complexity index is 304. The number of ketones is 1. The van der Waals surface area contributed by atoms with Gasteiger partial charge in [0.05, 0.1) is 0 Å². The van der Waals surface area contributed by atoms with E-state index in [0.29, 0.717) is 11.1 Å². The minimum Gasteiger partial charge on any atom is -0.404 e. The molecule has 0 aliphatic rings. The van der Waals surface area contributed by atoms with Gasteiger partial charge in [-0.25, -0.2) is 0 Å². The van der Waals surface area contributed by atoms with Crippen LogP contribution in [0.25, 0.3) is 0 Å². The fourth-order valence-electron chi connectivity index (χ4n) is 0.800. The SMILES string of the molecule is C/C(=C\N)C(=O)c1cccnc1. The van der Waals surface area contributed by atoms with Gasteiger partial charge in [-0.3, -0.25) is 9.78 Å². The van der Waals surface area contributed by atoms with E-state index in [0.717, 1.165) is 0 Å². The van der Waals surface area contributed by atoms with Crippen LogP contribution in [-0.4, -0.2) is 10.8 Å². The lowest BCUT2D eigenvalue weighted by molar-refractivity contribution is 0.103. The molecular formula is C9H10N2O. The normalized spacial score (nSPS) is 11.2. The number of nitrogens with two attached hydrogens (primary N) is 1. The third-order valence-electron chi connectivity index (χ3n) is 1.53. The number of nitrogens with zero attached hydrogens (tertiary/aromatic N) is 1. The van der Waals surface area contributed by atoms with E-state index in [1.807, 2.05) is 0 Å². The maximum atomic E-state index is 11.4. The van der Waals surface area contributed by atoms with Gasteiger partial charge in [0.15, 0.2) is 5.78 Å². The van der Waals surface area contributed by atoms with Crippen LogP contribution in [0.5, 0.6) is 0 Å². The van der Waals surface area contributed by atoms with Crippen molar-refractivity contribution in [1.82, 2.24) is 4.98 Å². The number of hydrogen-bond acceptors (Lipinski definition) is 3. The molecule has 0 bridgehead atoms. The molecule has 1 heterocycles. The fourth-order valence-corrected chi connectivity index (χ4v) is 0.800. The minimum atomic E-state index is -0.0781. The van der Waals surface area contributed by atoms with Crippen LogP contribution in [0.15, 0.2) is 36.3 Å². The first-order valence-corrected chi connectivity index (χ1v) is 3.59. The summed E-state index contributed by atoms with van der Waals surface area (Å²) in [4.78, 5) is 15.2. The highest BCUT2D eigenvalue weighted by Gasteiger charge is 2.05. The van der Waals surface area contributed by atoms with E-state index in [-0.39, 0.29) is 5.78 Å². The Balaban J connectivity index is 2.94.